The fraction of sp³-hybridized carbons (Fsp3) is 0.929. The van der Waals surface area contributed by atoms with Crippen LogP contribution in [0.2, 0.25) is 0 Å². The minimum atomic E-state index is 0.253. The van der Waals surface area contributed by atoms with E-state index in [9.17, 15) is 4.79 Å². The molecule has 0 aromatic carbocycles. The topological polar surface area (TPSA) is 55.1 Å². The predicted octanol–water partition coefficient (Wildman–Crippen LogP) is 2.06. The van der Waals surface area contributed by atoms with Gasteiger partial charge in [0.05, 0.1) is 0 Å². The zero-order chi connectivity index (χ0) is 12.3. The Morgan fingerprint density at radius 2 is 2.24 bits per heavy atom. The van der Waals surface area contributed by atoms with E-state index in [1.165, 1.54) is 25.7 Å². The molecule has 2 fully saturated rings. The van der Waals surface area contributed by atoms with Gasteiger partial charge in [-0.05, 0) is 56.4 Å². The number of nitrogens with one attached hydrogen (secondary N) is 1. The van der Waals surface area contributed by atoms with E-state index in [0.29, 0.717) is 12.5 Å². The zero-order valence-corrected chi connectivity index (χ0v) is 11.0. The van der Waals surface area contributed by atoms with Crippen molar-refractivity contribution in [3.05, 3.63) is 0 Å². The molecule has 0 spiro atoms. The van der Waals surface area contributed by atoms with Crippen molar-refractivity contribution in [1.82, 2.24) is 5.32 Å². The summed E-state index contributed by atoms with van der Waals surface area (Å²) in [6.07, 6.45) is 8.10. The SMILES string of the molecule is CCC(CCN)NC(=O)CC1CC2CCC1C2. The first-order valence-electron chi connectivity index (χ1n) is 7.22. The fourth-order valence-electron chi connectivity index (χ4n) is 3.73. The second-order valence-corrected chi connectivity index (χ2v) is 5.89. The Kier molecular flexibility index (Phi) is 4.43. The molecular weight excluding hydrogens is 212 g/mol. The molecule has 0 aromatic rings. The van der Waals surface area contributed by atoms with E-state index in [4.69, 9.17) is 5.73 Å². The summed E-state index contributed by atoms with van der Waals surface area (Å²) in [4.78, 5) is 12.0. The van der Waals surface area contributed by atoms with E-state index in [1.54, 1.807) is 0 Å². The number of nitrogens with two attached hydrogens (primary N) is 1. The molecule has 4 atom stereocenters. The molecule has 0 saturated heterocycles. The largest absolute Gasteiger partial charge is 0.353 e. The lowest BCUT2D eigenvalue weighted by atomic mass is 9.86. The average Bonchev–Trinajstić information content (AvgIpc) is 2.90. The second kappa shape index (κ2) is 5.85. The quantitative estimate of drug-likeness (QED) is 0.744. The van der Waals surface area contributed by atoms with Gasteiger partial charge >= 0.3 is 0 Å². The Bertz CT molecular complexity index is 267. The van der Waals surface area contributed by atoms with Gasteiger partial charge in [0.1, 0.15) is 0 Å². The standard InChI is InChI=1S/C14H26N2O/c1-2-13(5-6-15)16-14(17)9-12-8-10-3-4-11(12)7-10/h10-13H,2-9,15H2,1H3,(H,16,17). The molecule has 17 heavy (non-hydrogen) atoms. The van der Waals surface area contributed by atoms with Crippen LogP contribution in [0.4, 0.5) is 0 Å². The molecule has 2 rings (SSSR count). The van der Waals surface area contributed by atoms with Crippen LogP contribution in [-0.4, -0.2) is 18.5 Å². The Hall–Kier alpha value is -0.570. The normalized spacial score (nSPS) is 32.7. The summed E-state index contributed by atoms with van der Waals surface area (Å²) in [5.41, 5.74) is 5.54. The number of fused-ring (bicyclic) bond motifs is 2. The van der Waals surface area contributed by atoms with E-state index in [2.05, 4.69) is 12.2 Å². The summed E-state index contributed by atoms with van der Waals surface area (Å²) in [5.74, 6) is 2.70. The number of carbonyl (C=O) groups is 1. The highest BCUT2D eigenvalue weighted by molar-refractivity contribution is 5.76. The van der Waals surface area contributed by atoms with Crippen molar-refractivity contribution in [2.75, 3.05) is 6.54 Å². The molecule has 0 aromatic heterocycles. The first-order chi connectivity index (χ1) is 8.22. The van der Waals surface area contributed by atoms with Crippen molar-refractivity contribution in [2.45, 2.75) is 57.9 Å². The van der Waals surface area contributed by atoms with E-state index in [1.807, 2.05) is 0 Å². The Balaban J connectivity index is 1.73. The van der Waals surface area contributed by atoms with E-state index < -0.39 is 0 Å². The summed E-state index contributed by atoms with van der Waals surface area (Å²) < 4.78 is 0. The predicted molar refractivity (Wildman–Crippen MR) is 69.4 cm³/mol. The van der Waals surface area contributed by atoms with E-state index in [-0.39, 0.29) is 11.9 Å². The van der Waals surface area contributed by atoms with E-state index >= 15 is 0 Å². The zero-order valence-electron chi connectivity index (χ0n) is 11.0. The molecule has 0 radical (unpaired) electrons. The van der Waals surface area contributed by atoms with Crippen LogP contribution in [0.1, 0.15) is 51.9 Å². The Morgan fingerprint density at radius 1 is 1.41 bits per heavy atom. The summed E-state index contributed by atoms with van der Waals surface area (Å²) in [5, 5.41) is 3.14. The molecule has 2 aliphatic carbocycles. The van der Waals surface area contributed by atoms with Crippen molar-refractivity contribution < 1.29 is 4.79 Å². The minimum Gasteiger partial charge on any atom is -0.353 e. The lowest BCUT2D eigenvalue weighted by Gasteiger charge is -2.23. The third kappa shape index (κ3) is 3.21. The van der Waals surface area contributed by atoms with Crippen LogP contribution in [-0.2, 0) is 4.79 Å². The highest BCUT2D eigenvalue weighted by Gasteiger charge is 2.40. The van der Waals surface area contributed by atoms with Gasteiger partial charge in [0, 0.05) is 12.5 Å². The van der Waals surface area contributed by atoms with Gasteiger partial charge in [-0.25, -0.2) is 0 Å². The lowest BCUT2D eigenvalue weighted by Crippen LogP contribution is -2.37. The third-order valence-corrected chi connectivity index (χ3v) is 4.71. The molecule has 3 heteroatoms. The highest BCUT2D eigenvalue weighted by Crippen LogP contribution is 2.49. The van der Waals surface area contributed by atoms with Gasteiger partial charge in [0.25, 0.3) is 0 Å². The first kappa shape index (κ1) is 12.9. The van der Waals surface area contributed by atoms with Crippen LogP contribution >= 0.6 is 0 Å². The molecule has 2 bridgehead atoms. The molecule has 1 amide bonds. The smallest absolute Gasteiger partial charge is 0.220 e. The molecule has 98 valence electrons. The van der Waals surface area contributed by atoms with Gasteiger partial charge in [-0.15, -0.1) is 0 Å². The molecule has 3 N–H and O–H groups in total. The summed E-state index contributed by atoms with van der Waals surface area (Å²) in [7, 11) is 0. The molecular formula is C14H26N2O. The van der Waals surface area contributed by atoms with Gasteiger partial charge in [-0.3, -0.25) is 4.79 Å². The van der Waals surface area contributed by atoms with Crippen LogP contribution < -0.4 is 11.1 Å². The molecule has 0 heterocycles. The second-order valence-electron chi connectivity index (χ2n) is 5.89. The summed E-state index contributed by atoms with van der Waals surface area (Å²) in [6, 6.07) is 0.283. The number of rotatable bonds is 6. The highest BCUT2D eigenvalue weighted by atomic mass is 16.1. The summed E-state index contributed by atoms with van der Waals surface area (Å²) in [6.45, 7) is 2.77. The fourth-order valence-corrected chi connectivity index (χ4v) is 3.73. The van der Waals surface area contributed by atoms with Gasteiger partial charge in [-0.1, -0.05) is 13.3 Å². The third-order valence-electron chi connectivity index (χ3n) is 4.71. The lowest BCUT2D eigenvalue weighted by molar-refractivity contribution is -0.123. The maximum absolute atomic E-state index is 12.0. The minimum absolute atomic E-state index is 0.253. The maximum atomic E-state index is 12.0. The average molecular weight is 238 g/mol. The Labute approximate surface area is 105 Å². The van der Waals surface area contributed by atoms with Crippen molar-refractivity contribution in [3.8, 4) is 0 Å². The van der Waals surface area contributed by atoms with Gasteiger partial charge < -0.3 is 11.1 Å². The molecule has 4 unspecified atom stereocenters. The number of hydrogen-bond acceptors (Lipinski definition) is 2. The molecule has 3 nitrogen and oxygen atoms in total. The van der Waals surface area contributed by atoms with Crippen molar-refractivity contribution in [2.24, 2.45) is 23.5 Å². The van der Waals surface area contributed by atoms with Crippen molar-refractivity contribution >= 4 is 5.91 Å². The molecule has 2 saturated carbocycles. The molecule has 0 aliphatic heterocycles. The van der Waals surface area contributed by atoms with Crippen LogP contribution in [0.3, 0.4) is 0 Å². The van der Waals surface area contributed by atoms with Gasteiger partial charge in [-0.2, -0.15) is 0 Å². The van der Waals surface area contributed by atoms with Gasteiger partial charge in [0.2, 0.25) is 5.91 Å². The number of carbonyl (C=O) groups excluding carboxylic acids is 1. The van der Waals surface area contributed by atoms with Crippen LogP contribution in [0, 0.1) is 17.8 Å². The monoisotopic (exact) mass is 238 g/mol. The number of hydrogen-bond donors (Lipinski definition) is 2. The van der Waals surface area contributed by atoms with Crippen molar-refractivity contribution in [3.63, 3.8) is 0 Å². The van der Waals surface area contributed by atoms with Crippen LogP contribution in [0.5, 0.6) is 0 Å². The van der Waals surface area contributed by atoms with Gasteiger partial charge in [0.15, 0.2) is 0 Å². The van der Waals surface area contributed by atoms with Crippen LogP contribution in [0.25, 0.3) is 0 Å². The Morgan fingerprint density at radius 3 is 2.76 bits per heavy atom. The molecule has 2 aliphatic rings. The van der Waals surface area contributed by atoms with E-state index in [0.717, 1.165) is 31.1 Å². The summed E-state index contributed by atoms with van der Waals surface area (Å²) >= 11 is 0. The van der Waals surface area contributed by atoms with Crippen LogP contribution in [0.15, 0.2) is 0 Å². The maximum Gasteiger partial charge on any atom is 0.220 e. The first-order valence-corrected chi connectivity index (χ1v) is 7.22. The van der Waals surface area contributed by atoms with Crippen molar-refractivity contribution in [1.29, 1.82) is 0 Å². The number of amides is 1.